The van der Waals surface area contributed by atoms with Crippen LogP contribution < -0.4 is 14.8 Å². The molecular weight excluding hydrogens is 438 g/mol. The fraction of sp³-hybridized carbons (Fsp3) is 0.160. The molecule has 33 heavy (non-hydrogen) atoms. The summed E-state index contributed by atoms with van der Waals surface area (Å²) in [5.41, 5.74) is 2.34. The van der Waals surface area contributed by atoms with Crippen LogP contribution in [0.1, 0.15) is 12.0 Å². The molecule has 1 atom stereocenters. The second-order valence-corrected chi connectivity index (χ2v) is 8.74. The third-order valence-corrected chi connectivity index (χ3v) is 6.38. The van der Waals surface area contributed by atoms with Gasteiger partial charge in [-0.3, -0.25) is 14.5 Å². The summed E-state index contributed by atoms with van der Waals surface area (Å²) in [4.78, 5) is 32.3. The number of thioether (sulfide) groups is 1. The number of benzene rings is 3. The summed E-state index contributed by atoms with van der Waals surface area (Å²) >= 11 is 1.31. The van der Waals surface area contributed by atoms with Crippen LogP contribution in [0.25, 0.3) is 0 Å². The number of anilines is 1. The first-order valence-electron chi connectivity index (χ1n) is 10.5. The molecule has 8 heteroatoms. The Balaban J connectivity index is 1.36. The van der Waals surface area contributed by atoms with E-state index in [9.17, 15) is 9.59 Å². The summed E-state index contributed by atoms with van der Waals surface area (Å²) in [6.45, 7) is 0.515. The number of aliphatic imine (C=N–C) groups is 1. The summed E-state index contributed by atoms with van der Waals surface area (Å²) < 4.78 is 10.8. The van der Waals surface area contributed by atoms with E-state index in [0.29, 0.717) is 28.9 Å². The van der Waals surface area contributed by atoms with Crippen molar-refractivity contribution in [2.75, 3.05) is 12.1 Å². The first-order chi connectivity index (χ1) is 16.2. The number of rotatable bonds is 6. The number of nitrogens with one attached hydrogen (secondary N) is 1. The predicted octanol–water partition coefficient (Wildman–Crippen LogP) is 4.58. The zero-order valence-electron chi connectivity index (χ0n) is 17.6. The van der Waals surface area contributed by atoms with Gasteiger partial charge in [-0.05, 0) is 42.0 Å². The van der Waals surface area contributed by atoms with Crippen molar-refractivity contribution < 1.29 is 19.1 Å². The second-order valence-electron chi connectivity index (χ2n) is 7.57. The van der Waals surface area contributed by atoms with Crippen molar-refractivity contribution in [1.29, 1.82) is 0 Å². The molecule has 0 unspecified atom stereocenters. The standard InChI is InChI=1S/C25H21N3O4S/c29-23(26-18-7-3-1-4-8-18)14-22-24(30)28(25(33-22)27-19-9-5-2-6-10-19)15-17-11-12-20-21(13-17)32-16-31-20/h1-13,22H,14-16H2,(H,26,29)/t22-/m0/s1. The van der Waals surface area contributed by atoms with Crippen molar-refractivity contribution in [3.8, 4) is 11.5 Å². The monoisotopic (exact) mass is 459 g/mol. The number of hydrogen-bond donors (Lipinski definition) is 1. The maximum Gasteiger partial charge on any atom is 0.242 e. The highest BCUT2D eigenvalue weighted by Crippen LogP contribution is 2.36. The van der Waals surface area contributed by atoms with Crippen LogP contribution in [0, 0.1) is 0 Å². The maximum atomic E-state index is 13.3. The maximum absolute atomic E-state index is 13.3. The Hall–Kier alpha value is -3.78. The lowest BCUT2D eigenvalue weighted by Gasteiger charge is -2.17. The first-order valence-corrected chi connectivity index (χ1v) is 11.4. The Morgan fingerprint density at radius 1 is 1.00 bits per heavy atom. The van der Waals surface area contributed by atoms with Gasteiger partial charge in [-0.15, -0.1) is 0 Å². The van der Waals surface area contributed by atoms with Gasteiger partial charge in [-0.2, -0.15) is 0 Å². The second kappa shape index (κ2) is 9.38. The topological polar surface area (TPSA) is 80.2 Å². The fourth-order valence-corrected chi connectivity index (χ4v) is 4.76. The molecule has 3 aromatic rings. The average Bonchev–Trinajstić information content (AvgIpc) is 3.40. The Labute approximate surface area is 195 Å². The highest BCUT2D eigenvalue weighted by Gasteiger charge is 2.39. The molecule has 0 aliphatic carbocycles. The lowest BCUT2D eigenvalue weighted by molar-refractivity contribution is -0.128. The molecular formula is C25H21N3O4S. The van der Waals surface area contributed by atoms with Gasteiger partial charge in [0.2, 0.25) is 18.6 Å². The molecule has 7 nitrogen and oxygen atoms in total. The van der Waals surface area contributed by atoms with Crippen molar-refractivity contribution in [1.82, 2.24) is 4.90 Å². The first kappa shape index (κ1) is 21.1. The molecule has 0 saturated carbocycles. The Morgan fingerprint density at radius 3 is 2.52 bits per heavy atom. The van der Waals surface area contributed by atoms with E-state index < -0.39 is 5.25 Å². The molecule has 0 spiro atoms. The smallest absolute Gasteiger partial charge is 0.242 e. The van der Waals surface area contributed by atoms with Gasteiger partial charge in [0.1, 0.15) is 5.25 Å². The van der Waals surface area contributed by atoms with Gasteiger partial charge in [0.15, 0.2) is 16.7 Å². The molecule has 5 rings (SSSR count). The van der Waals surface area contributed by atoms with Crippen LogP contribution in [-0.4, -0.2) is 33.9 Å². The molecule has 2 aliphatic rings. The summed E-state index contributed by atoms with van der Waals surface area (Å²) in [6, 6.07) is 24.3. The summed E-state index contributed by atoms with van der Waals surface area (Å²) in [7, 11) is 0. The van der Waals surface area contributed by atoms with E-state index in [1.165, 1.54) is 11.8 Å². The lowest BCUT2D eigenvalue weighted by atomic mass is 10.1. The highest BCUT2D eigenvalue weighted by atomic mass is 32.2. The highest BCUT2D eigenvalue weighted by molar-refractivity contribution is 8.15. The molecule has 1 N–H and O–H groups in total. The van der Waals surface area contributed by atoms with Crippen molar-refractivity contribution >= 4 is 40.1 Å². The zero-order valence-corrected chi connectivity index (χ0v) is 18.5. The van der Waals surface area contributed by atoms with E-state index in [2.05, 4.69) is 5.32 Å². The van der Waals surface area contributed by atoms with Gasteiger partial charge in [-0.25, -0.2) is 4.99 Å². The predicted molar refractivity (Wildman–Crippen MR) is 128 cm³/mol. The van der Waals surface area contributed by atoms with Crippen molar-refractivity contribution in [3.05, 3.63) is 84.4 Å². The van der Waals surface area contributed by atoms with Crippen LogP contribution in [0.4, 0.5) is 11.4 Å². The van der Waals surface area contributed by atoms with E-state index in [0.717, 1.165) is 11.3 Å². The molecule has 0 aromatic heterocycles. The summed E-state index contributed by atoms with van der Waals surface area (Å²) in [6.07, 6.45) is 0.0594. The van der Waals surface area contributed by atoms with Gasteiger partial charge in [0.05, 0.1) is 12.2 Å². The van der Waals surface area contributed by atoms with Gasteiger partial charge >= 0.3 is 0 Å². The quantitative estimate of drug-likeness (QED) is 0.584. The molecule has 166 valence electrons. The van der Waals surface area contributed by atoms with E-state index in [4.69, 9.17) is 14.5 Å². The van der Waals surface area contributed by atoms with E-state index in [1.807, 2.05) is 78.9 Å². The number of amides is 2. The van der Waals surface area contributed by atoms with Gasteiger partial charge in [-0.1, -0.05) is 54.2 Å². The van der Waals surface area contributed by atoms with Crippen LogP contribution in [0.3, 0.4) is 0 Å². The third-order valence-electron chi connectivity index (χ3n) is 5.21. The average molecular weight is 460 g/mol. The number of amidine groups is 1. The van der Waals surface area contributed by atoms with Crippen molar-refractivity contribution in [2.24, 2.45) is 4.99 Å². The number of hydrogen-bond acceptors (Lipinski definition) is 6. The fourth-order valence-electron chi connectivity index (χ4n) is 3.61. The largest absolute Gasteiger partial charge is 0.454 e. The van der Waals surface area contributed by atoms with Crippen LogP contribution in [0.5, 0.6) is 11.5 Å². The Kier molecular flexibility index (Phi) is 5.99. The molecule has 2 amide bonds. The minimum Gasteiger partial charge on any atom is -0.454 e. The summed E-state index contributed by atoms with van der Waals surface area (Å²) in [5, 5.41) is 2.87. The number of nitrogens with zero attached hydrogens (tertiary/aromatic N) is 2. The number of carbonyl (C=O) groups excluding carboxylic acids is 2. The normalized spacial score (nSPS) is 18.1. The Bertz CT molecular complexity index is 1200. The van der Waals surface area contributed by atoms with Crippen LogP contribution in [0.15, 0.2) is 83.9 Å². The van der Waals surface area contributed by atoms with Gasteiger partial charge in [0.25, 0.3) is 0 Å². The van der Waals surface area contributed by atoms with Crippen molar-refractivity contribution in [3.63, 3.8) is 0 Å². The van der Waals surface area contributed by atoms with Crippen LogP contribution in [0.2, 0.25) is 0 Å². The number of carbonyl (C=O) groups is 2. The third kappa shape index (κ3) is 4.85. The van der Waals surface area contributed by atoms with E-state index >= 15 is 0 Å². The van der Waals surface area contributed by atoms with Gasteiger partial charge < -0.3 is 14.8 Å². The SMILES string of the molecule is O=C(C[C@@H]1SC(=Nc2ccccc2)N(Cc2ccc3c(c2)OCO3)C1=O)Nc1ccccc1. The molecule has 1 saturated heterocycles. The molecule has 2 heterocycles. The van der Waals surface area contributed by atoms with Crippen LogP contribution in [-0.2, 0) is 16.1 Å². The van der Waals surface area contributed by atoms with E-state index in [-0.39, 0.29) is 25.0 Å². The number of fused-ring (bicyclic) bond motifs is 1. The molecule has 0 bridgehead atoms. The zero-order chi connectivity index (χ0) is 22.6. The lowest BCUT2D eigenvalue weighted by Crippen LogP contribution is -2.33. The Morgan fingerprint density at radius 2 is 1.73 bits per heavy atom. The van der Waals surface area contributed by atoms with E-state index in [1.54, 1.807) is 4.90 Å². The molecule has 0 radical (unpaired) electrons. The molecule has 3 aromatic carbocycles. The number of ether oxygens (including phenoxy) is 2. The number of para-hydroxylation sites is 2. The molecule has 2 aliphatic heterocycles. The van der Waals surface area contributed by atoms with Gasteiger partial charge in [0, 0.05) is 12.1 Å². The van der Waals surface area contributed by atoms with Crippen LogP contribution >= 0.6 is 11.8 Å². The van der Waals surface area contributed by atoms with Crippen molar-refractivity contribution in [2.45, 2.75) is 18.2 Å². The minimum atomic E-state index is -0.551. The minimum absolute atomic E-state index is 0.0594. The molecule has 1 fully saturated rings. The summed E-state index contributed by atoms with van der Waals surface area (Å²) in [5.74, 6) is 0.994.